The number of phenolic OH excluding ortho intramolecular Hbond substituents is 3. The van der Waals surface area contributed by atoms with Gasteiger partial charge in [-0.05, 0) is 61.6 Å². The van der Waals surface area contributed by atoms with Crippen molar-refractivity contribution in [2.24, 2.45) is 0 Å². The Balaban J connectivity index is 1.70. The molecule has 2 aromatic carbocycles. The summed E-state index contributed by atoms with van der Waals surface area (Å²) in [6.07, 6.45) is 1.79. The Kier molecular flexibility index (Phi) is 7.38. The number of carbonyl (C=O) groups is 3. The van der Waals surface area contributed by atoms with Gasteiger partial charge in [0, 0.05) is 23.9 Å². The highest BCUT2D eigenvalue weighted by Crippen LogP contribution is 2.57. The number of Topliss-reactive ketones (excluding diaryl/α,β-unsaturated/α-hetero) is 2. The minimum atomic E-state index is -1.56. The number of nitrogens with one attached hydrogen (secondary N) is 1. The molecule has 2 aliphatic rings. The van der Waals surface area contributed by atoms with Crippen molar-refractivity contribution in [3.05, 3.63) is 68.6 Å². The number of aromatic hydroxyl groups is 3. The zero-order chi connectivity index (χ0) is 31.7. The Hall–Kier alpha value is -4.07. The summed E-state index contributed by atoms with van der Waals surface area (Å²) in [4.78, 5) is 39.6. The standard InChI is InChI=1S/C34H41NO7/c1-16-27(38)25(18(3)36)30-26(28(16)39)34(10)23(42-30)15-22(37)24(31(34)41)17(2)35-12-11-19-13-20(32(4,5)6)29(40)21(14-19)33(7,8)9/h13-15,35,38-40H,11-12H2,1-10H3/b24-17+. The monoisotopic (exact) mass is 575 g/mol. The highest BCUT2D eigenvalue weighted by atomic mass is 16.5. The number of rotatable bonds is 5. The number of fused-ring (bicyclic) bond motifs is 3. The van der Waals surface area contributed by atoms with E-state index in [4.69, 9.17) is 4.74 Å². The van der Waals surface area contributed by atoms with Crippen molar-refractivity contribution < 1.29 is 34.4 Å². The Morgan fingerprint density at radius 2 is 1.48 bits per heavy atom. The first-order valence-electron chi connectivity index (χ1n) is 14.1. The van der Waals surface area contributed by atoms with Gasteiger partial charge in [-0.3, -0.25) is 14.4 Å². The molecule has 4 N–H and O–H groups in total. The minimum Gasteiger partial charge on any atom is -0.507 e. The predicted molar refractivity (Wildman–Crippen MR) is 161 cm³/mol. The van der Waals surface area contributed by atoms with Gasteiger partial charge in [-0.25, -0.2) is 0 Å². The lowest BCUT2D eigenvalue weighted by atomic mass is 9.70. The molecule has 4 rings (SSSR count). The van der Waals surface area contributed by atoms with Gasteiger partial charge in [-0.15, -0.1) is 0 Å². The van der Waals surface area contributed by atoms with Crippen molar-refractivity contribution in [2.45, 2.75) is 91.9 Å². The van der Waals surface area contributed by atoms with Gasteiger partial charge in [0.1, 0.15) is 39.7 Å². The van der Waals surface area contributed by atoms with Crippen LogP contribution in [0.4, 0.5) is 0 Å². The highest BCUT2D eigenvalue weighted by Gasteiger charge is 2.56. The third-order valence-electron chi connectivity index (χ3n) is 8.35. The van der Waals surface area contributed by atoms with Gasteiger partial charge >= 0.3 is 0 Å². The van der Waals surface area contributed by atoms with Crippen LogP contribution in [0.25, 0.3) is 0 Å². The van der Waals surface area contributed by atoms with Crippen LogP contribution in [0.5, 0.6) is 23.0 Å². The average Bonchev–Trinajstić information content (AvgIpc) is 3.14. The van der Waals surface area contributed by atoms with Crippen molar-refractivity contribution in [3.8, 4) is 23.0 Å². The zero-order valence-corrected chi connectivity index (χ0v) is 26.1. The lowest BCUT2D eigenvalue weighted by molar-refractivity contribution is -0.123. The summed E-state index contributed by atoms with van der Waals surface area (Å²) < 4.78 is 5.83. The maximum atomic E-state index is 14.0. The van der Waals surface area contributed by atoms with Crippen LogP contribution < -0.4 is 10.1 Å². The van der Waals surface area contributed by atoms with Crippen LogP contribution in [0.1, 0.15) is 100 Å². The molecule has 42 heavy (non-hydrogen) atoms. The van der Waals surface area contributed by atoms with E-state index in [0.717, 1.165) is 16.7 Å². The van der Waals surface area contributed by atoms with E-state index in [9.17, 15) is 29.7 Å². The number of hydrogen-bond acceptors (Lipinski definition) is 8. The van der Waals surface area contributed by atoms with Gasteiger partial charge < -0.3 is 25.4 Å². The molecule has 8 nitrogen and oxygen atoms in total. The fraction of sp³-hybridized carbons (Fsp3) is 0.441. The Morgan fingerprint density at radius 1 is 0.929 bits per heavy atom. The Labute approximate surface area is 247 Å². The van der Waals surface area contributed by atoms with Crippen molar-refractivity contribution in [2.75, 3.05) is 6.54 Å². The molecule has 0 radical (unpaired) electrons. The van der Waals surface area contributed by atoms with Gasteiger partial charge in [0.05, 0.1) is 11.1 Å². The molecule has 0 saturated heterocycles. The summed E-state index contributed by atoms with van der Waals surface area (Å²) in [5.74, 6) is -2.21. The summed E-state index contributed by atoms with van der Waals surface area (Å²) in [5, 5.41) is 35.8. The summed E-state index contributed by atoms with van der Waals surface area (Å²) in [7, 11) is 0. The van der Waals surface area contributed by atoms with E-state index in [0.29, 0.717) is 24.4 Å². The molecule has 1 atom stereocenters. The highest BCUT2D eigenvalue weighted by molar-refractivity contribution is 6.31. The first-order valence-corrected chi connectivity index (χ1v) is 14.1. The van der Waals surface area contributed by atoms with Crippen LogP contribution in [-0.2, 0) is 32.3 Å². The van der Waals surface area contributed by atoms with Gasteiger partial charge in [-0.1, -0.05) is 53.7 Å². The molecule has 2 aromatic rings. The fourth-order valence-electron chi connectivity index (χ4n) is 5.83. The number of hydrogen-bond donors (Lipinski definition) is 4. The van der Waals surface area contributed by atoms with E-state index < -0.39 is 28.5 Å². The smallest absolute Gasteiger partial charge is 0.194 e. The maximum Gasteiger partial charge on any atom is 0.194 e. The number of carbonyl (C=O) groups excluding carboxylic acids is 3. The second-order valence-electron chi connectivity index (χ2n) is 13.6. The molecule has 0 spiro atoms. The molecule has 224 valence electrons. The summed E-state index contributed by atoms with van der Waals surface area (Å²) in [5.41, 5.74) is 0.903. The van der Waals surface area contributed by atoms with Gasteiger partial charge in [0.25, 0.3) is 0 Å². The van der Waals surface area contributed by atoms with Crippen molar-refractivity contribution >= 4 is 17.3 Å². The normalized spacial score (nSPS) is 19.6. The molecule has 0 saturated carbocycles. The summed E-state index contributed by atoms with van der Waals surface area (Å²) >= 11 is 0. The second-order valence-corrected chi connectivity index (χ2v) is 13.6. The molecular weight excluding hydrogens is 534 g/mol. The van der Waals surface area contributed by atoms with Crippen molar-refractivity contribution in [1.29, 1.82) is 0 Å². The van der Waals surface area contributed by atoms with Crippen LogP contribution in [0.2, 0.25) is 0 Å². The summed E-state index contributed by atoms with van der Waals surface area (Å²) in [6.45, 7) is 18.6. The number of allylic oxidation sites excluding steroid dienone is 4. The van der Waals surface area contributed by atoms with E-state index >= 15 is 0 Å². The lowest BCUT2D eigenvalue weighted by Gasteiger charge is -2.29. The van der Waals surface area contributed by atoms with Crippen LogP contribution >= 0.6 is 0 Å². The van der Waals surface area contributed by atoms with Gasteiger partial charge in [-0.2, -0.15) is 0 Å². The van der Waals surface area contributed by atoms with Gasteiger partial charge in [0.2, 0.25) is 0 Å². The van der Waals surface area contributed by atoms with Gasteiger partial charge in [0.15, 0.2) is 17.3 Å². The van der Waals surface area contributed by atoms with Crippen LogP contribution in [0, 0.1) is 6.92 Å². The maximum absolute atomic E-state index is 14.0. The molecule has 1 aliphatic heterocycles. The molecule has 0 bridgehead atoms. The fourth-order valence-corrected chi connectivity index (χ4v) is 5.83. The molecule has 8 heteroatoms. The first-order chi connectivity index (χ1) is 19.2. The molecular formula is C34H41NO7. The summed E-state index contributed by atoms with van der Waals surface area (Å²) in [6, 6.07) is 4.00. The predicted octanol–water partition coefficient (Wildman–Crippen LogP) is 5.70. The molecule has 1 heterocycles. The van der Waals surface area contributed by atoms with Crippen LogP contribution in [0.15, 0.2) is 35.2 Å². The number of benzene rings is 2. The number of phenols is 3. The first kappa shape index (κ1) is 30.9. The van der Waals surface area contributed by atoms with E-state index in [1.54, 1.807) is 13.8 Å². The molecule has 1 unspecified atom stereocenters. The van der Waals surface area contributed by atoms with E-state index in [1.165, 1.54) is 19.9 Å². The SMILES string of the molecule is CC(=O)c1c(O)c(C)c(O)c2c1OC1=CC(=O)/C(=C(/C)NCCc3cc(C(C)(C)C)c(O)c(C(C)(C)C)c3)C(=O)C12C. The third-order valence-corrected chi connectivity index (χ3v) is 8.35. The molecule has 0 amide bonds. The number of ether oxygens (including phenoxy) is 1. The van der Waals surface area contributed by atoms with Crippen molar-refractivity contribution in [1.82, 2.24) is 5.32 Å². The molecule has 0 fully saturated rings. The Morgan fingerprint density at radius 3 is 1.98 bits per heavy atom. The number of ketones is 3. The zero-order valence-electron chi connectivity index (χ0n) is 26.1. The van der Waals surface area contributed by atoms with Crippen molar-refractivity contribution in [3.63, 3.8) is 0 Å². The third kappa shape index (κ3) is 4.76. The quantitative estimate of drug-likeness (QED) is 0.203. The van der Waals surface area contributed by atoms with Crippen LogP contribution in [-0.4, -0.2) is 39.2 Å². The second kappa shape index (κ2) is 10.0. The van der Waals surface area contributed by atoms with Crippen LogP contribution in [0.3, 0.4) is 0 Å². The van der Waals surface area contributed by atoms with E-state index in [2.05, 4.69) is 46.9 Å². The minimum absolute atomic E-state index is 0.000336. The lowest BCUT2D eigenvalue weighted by Crippen LogP contribution is -2.41. The van der Waals surface area contributed by atoms with E-state index in [1.807, 2.05) is 12.1 Å². The van der Waals surface area contributed by atoms with E-state index in [-0.39, 0.29) is 50.4 Å². The molecule has 0 aromatic heterocycles. The Bertz CT molecular complexity index is 1580. The topological polar surface area (TPSA) is 133 Å². The average molecular weight is 576 g/mol. The largest absolute Gasteiger partial charge is 0.507 e. The molecule has 1 aliphatic carbocycles.